The molecular weight excluding hydrogens is 203 g/mol. The quantitative estimate of drug-likeness (QED) is 0.360. The van der Waals surface area contributed by atoms with Crippen LogP contribution in [0.4, 0.5) is 10.1 Å². The molecule has 0 atom stereocenters. The lowest BCUT2D eigenvalue weighted by Gasteiger charge is -2.04. The Morgan fingerprint density at radius 1 is 1.67 bits per heavy atom. The van der Waals surface area contributed by atoms with Crippen molar-refractivity contribution >= 4 is 11.6 Å². The molecule has 0 radical (unpaired) electrons. The molecule has 0 fully saturated rings. The number of halogens is 1. The predicted octanol–water partition coefficient (Wildman–Crippen LogP) is 2.10. The third-order valence-electron chi connectivity index (χ3n) is 1.70. The van der Waals surface area contributed by atoms with E-state index in [4.69, 9.17) is 10.1 Å². The van der Waals surface area contributed by atoms with Gasteiger partial charge in [-0.05, 0) is 19.1 Å². The molecule has 0 amide bonds. The van der Waals surface area contributed by atoms with E-state index in [1.54, 1.807) is 6.92 Å². The molecule has 0 aliphatic rings. The van der Waals surface area contributed by atoms with Crippen molar-refractivity contribution < 1.29 is 14.1 Å². The van der Waals surface area contributed by atoms with Crippen LogP contribution in [-0.4, -0.2) is 17.4 Å². The Kier molecular flexibility index (Phi) is 3.33. The van der Waals surface area contributed by atoms with E-state index >= 15 is 0 Å². The number of nitrogens with zero attached hydrogens (tertiary/aromatic N) is 1. The van der Waals surface area contributed by atoms with E-state index in [-0.39, 0.29) is 18.1 Å². The lowest BCUT2D eigenvalue weighted by molar-refractivity contribution is -0.387. The first-order valence-corrected chi connectivity index (χ1v) is 4.22. The molecule has 1 aromatic carbocycles. The van der Waals surface area contributed by atoms with Crippen LogP contribution in [0.3, 0.4) is 0 Å². The Bertz CT molecular complexity index is 406. The summed E-state index contributed by atoms with van der Waals surface area (Å²) in [6, 6.07) is 3.20. The first-order valence-electron chi connectivity index (χ1n) is 4.22. The summed E-state index contributed by atoms with van der Waals surface area (Å²) in [6.45, 7) is 1.98. The SMILES string of the molecule is CCOC(=N)c1ccc([N+](=O)[O-])c(F)c1. The summed E-state index contributed by atoms with van der Waals surface area (Å²) in [5.41, 5.74) is -0.428. The fraction of sp³-hybridized carbons (Fsp3) is 0.222. The molecule has 0 spiro atoms. The number of nitro benzene ring substituents is 1. The molecule has 1 rings (SSSR count). The van der Waals surface area contributed by atoms with Gasteiger partial charge in [-0.2, -0.15) is 4.39 Å². The van der Waals surface area contributed by atoms with Crippen molar-refractivity contribution in [3.8, 4) is 0 Å². The fourth-order valence-corrected chi connectivity index (χ4v) is 1.02. The molecule has 0 heterocycles. The summed E-state index contributed by atoms with van der Waals surface area (Å²) < 4.78 is 17.9. The van der Waals surface area contributed by atoms with Gasteiger partial charge in [-0.1, -0.05) is 0 Å². The van der Waals surface area contributed by atoms with Crippen molar-refractivity contribution in [1.29, 1.82) is 5.41 Å². The number of rotatable bonds is 3. The maximum atomic E-state index is 13.1. The van der Waals surface area contributed by atoms with Gasteiger partial charge in [0.05, 0.1) is 11.5 Å². The van der Waals surface area contributed by atoms with Gasteiger partial charge in [0, 0.05) is 11.6 Å². The Morgan fingerprint density at radius 2 is 2.33 bits per heavy atom. The molecule has 0 saturated carbocycles. The van der Waals surface area contributed by atoms with E-state index in [1.807, 2.05) is 0 Å². The summed E-state index contributed by atoms with van der Waals surface area (Å²) >= 11 is 0. The van der Waals surface area contributed by atoms with Crippen molar-refractivity contribution in [2.45, 2.75) is 6.92 Å². The maximum Gasteiger partial charge on any atom is 0.304 e. The van der Waals surface area contributed by atoms with Gasteiger partial charge in [0.25, 0.3) is 0 Å². The van der Waals surface area contributed by atoms with Gasteiger partial charge in [-0.15, -0.1) is 0 Å². The van der Waals surface area contributed by atoms with Crippen LogP contribution in [0, 0.1) is 21.3 Å². The normalized spacial score (nSPS) is 9.73. The van der Waals surface area contributed by atoms with E-state index in [9.17, 15) is 14.5 Å². The monoisotopic (exact) mass is 212 g/mol. The first kappa shape index (κ1) is 11.1. The summed E-state index contributed by atoms with van der Waals surface area (Å²) in [4.78, 5) is 9.49. The molecule has 80 valence electrons. The van der Waals surface area contributed by atoms with Gasteiger partial charge < -0.3 is 4.74 Å². The minimum atomic E-state index is -0.970. The topological polar surface area (TPSA) is 76.2 Å². The third-order valence-corrected chi connectivity index (χ3v) is 1.70. The van der Waals surface area contributed by atoms with E-state index in [2.05, 4.69) is 0 Å². The molecular formula is C9H9FN2O3. The highest BCUT2D eigenvalue weighted by Gasteiger charge is 2.15. The second-order valence-corrected chi connectivity index (χ2v) is 2.69. The minimum Gasteiger partial charge on any atom is -0.478 e. The Morgan fingerprint density at radius 3 is 2.80 bits per heavy atom. The summed E-state index contributed by atoms with van der Waals surface area (Å²) in [5.74, 6) is -1.17. The summed E-state index contributed by atoms with van der Waals surface area (Å²) in [5, 5.41) is 17.7. The Hall–Kier alpha value is -1.98. The molecule has 0 bridgehead atoms. The van der Waals surface area contributed by atoms with Crippen LogP contribution < -0.4 is 0 Å². The highest BCUT2D eigenvalue weighted by Crippen LogP contribution is 2.18. The van der Waals surface area contributed by atoms with Gasteiger partial charge >= 0.3 is 5.69 Å². The molecule has 1 aromatic rings. The Labute approximate surface area is 85.1 Å². The van der Waals surface area contributed by atoms with Crippen LogP contribution in [0.25, 0.3) is 0 Å². The number of hydrogen-bond acceptors (Lipinski definition) is 4. The smallest absolute Gasteiger partial charge is 0.304 e. The highest BCUT2D eigenvalue weighted by molar-refractivity contribution is 5.91. The van der Waals surface area contributed by atoms with Crippen molar-refractivity contribution in [1.82, 2.24) is 0 Å². The molecule has 0 unspecified atom stereocenters. The highest BCUT2D eigenvalue weighted by atomic mass is 19.1. The zero-order valence-corrected chi connectivity index (χ0v) is 7.99. The minimum absolute atomic E-state index is 0.181. The molecule has 6 heteroatoms. The average Bonchev–Trinajstić information content (AvgIpc) is 2.17. The van der Waals surface area contributed by atoms with Crippen LogP contribution >= 0.6 is 0 Å². The second kappa shape index (κ2) is 4.50. The van der Waals surface area contributed by atoms with Gasteiger partial charge in [-0.3, -0.25) is 15.5 Å². The zero-order chi connectivity index (χ0) is 11.4. The van der Waals surface area contributed by atoms with Gasteiger partial charge in [0.1, 0.15) is 0 Å². The third kappa shape index (κ3) is 2.49. The predicted molar refractivity (Wildman–Crippen MR) is 51.5 cm³/mol. The van der Waals surface area contributed by atoms with Crippen LogP contribution in [0.2, 0.25) is 0 Å². The standard InChI is InChI=1S/C9H9FN2O3/c1-2-15-9(11)6-3-4-8(12(13)14)7(10)5-6/h3-5,11H,2H2,1H3. The fourth-order valence-electron chi connectivity index (χ4n) is 1.02. The first-order chi connectivity index (χ1) is 7.06. The van der Waals surface area contributed by atoms with E-state index < -0.39 is 16.4 Å². The van der Waals surface area contributed by atoms with E-state index in [0.717, 1.165) is 12.1 Å². The van der Waals surface area contributed by atoms with Crippen LogP contribution in [0.15, 0.2) is 18.2 Å². The van der Waals surface area contributed by atoms with E-state index in [1.165, 1.54) is 6.07 Å². The second-order valence-electron chi connectivity index (χ2n) is 2.69. The zero-order valence-electron chi connectivity index (χ0n) is 7.99. The molecule has 15 heavy (non-hydrogen) atoms. The molecule has 0 aromatic heterocycles. The van der Waals surface area contributed by atoms with Crippen LogP contribution in [0.1, 0.15) is 12.5 Å². The molecule has 1 N–H and O–H groups in total. The summed E-state index contributed by atoms with van der Waals surface area (Å²) in [6.07, 6.45) is 0. The molecule has 0 aliphatic heterocycles. The van der Waals surface area contributed by atoms with Gasteiger partial charge in [0.2, 0.25) is 11.7 Å². The lowest BCUT2D eigenvalue weighted by Crippen LogP contribution is -2.05. The van der Waals surface area contributed by atoms with Crippen molar-refractivity contribution in [2.75, 3.05) is 6.61 Å². The largest absolute Gasteiger partial charge is 0.478 e. The molecule has 0 saturated heterocycles. The lowest BCUT2D eigenvalue weighted by atomic mass is 10.2. The number of nitro groups is 1. The van der Waals surface area contributed by atoms with Gasteiger partial charge in [-0.25, -0.2) is 0 Å². The van der Waals surface area contributed by atoms with Crippen molar-refractivity contribution in [2.24, 2.45) is 0 Å². The molecule has 0 aliphatic carbocycles. The van der Waals surface area contributed by atoms with Crippen LogP contribution in [-0.2, 0) is 4.74 Å². The number of hydrogen-bond donors (Lipinski definition) is 1. The number of nitrogens with one attached hydrogen (secondary N) is 1. The number of benzene rings is 1. The van der Waals surface area contributed by atoms with Crippen molar-refractivity contribution in [3.63, 3.8) is 0 Å². The molecule has 5 nitrogen and oxygen atoms in total. The maximum absolute atomic E-state index is 13.1. The summed E-state index contributed by atoms with van der Waals surface area (Å²) in [7, 11) is 0. The Balaban J connectivity index is 3.01. The van der Waals surface area contributed by atoms with Crippen molar-refractivity contribution in [3.05, 3.63) is 39.7 Å². The average molecular weight is 212 g/mol. The number of ether oxygens (including phenoxy) is 1. The van der Waals surface area contributed by atoms with Crippen LogP contribution in [0.5, 0.6) is 0 Å². The van der Waals surface area contributed by atoms with E-state index in [0.29, 0.717) is 0 Å². The van der Waals surface area contributed by atoms with Gasteiger partial charge in [0.15, 0.2) is 0 Å².